The summed E-state index contributed by atoms with van der Waals surface area (Å²) in [6.45, 7) is 6.28. The lowest BCUT2D eigenvalue weighted by Crippen LogP contribution is -1.96. The van der Waals surface area contributed by atoms with Crippen LogP contribution in [0.4, 0.5) is 0 Å². The maximum Gasteiger partial charge on any atom is 0.338 e. The summed E-state index contributed by atoms with van der Waals surface area (Å²) in [5, 5.41) is 0. The first kappa shape index (κ1) is 14.8. The zero-order valence-electron chi connectivity index (χ0n) is 10.0. The van der Waals surface area contributed by atoms with Crippen LogP contribution in [0.15, 0.2) is 12.2 Å². The molecule has 1 aliphatic rings. The molecule has 0 bridgehead atoms. The van der Waals surface area contributed by atoms with Gasteiger partial charge < -0.3 is 9.47 Å². The molecule has 4 heteroatoms. The van der Waals surface area contributed by atoms with Crippen molar-refractivity contribution in [2.45, 2.75) is 39.5 Å². The highest BCUT2D eigenvalue weighted by Gasteiger charge is 2.10. The van der Waals surface area contributed by atoms with Crippen molar-refractivity contribution in [2.75, 3.05) is 13.2 Å². The summed E-state index contributed by atoms with van der Waals surface area (Å²) in [7, 11) is 0. The number of rotatable bonds is 6. The standard InChI is InChI=1S/C8H18O.C4H2O3/c1-3-5-7-9-8-6-4-2;5-3-1-2-4(6)7-3/h3-8H2,1-2H3;1-2H. The van der Waals surface area contributed by atoms with E-state index in [1.165, 1.54) is 25.7 Å². The van der Waals surface area contributed by atoms with E-state index in [9.17, 15) is 9.59 Å². The molecule has 0 saturated carbocycles. The third-order valence-electron chi connectivity index (χ3n) is 1.84. The largest absolute Gasteiger partial charge is 0.387 e. The van der Waals surface area contributed by atoms with Crippen molar-refractivity contribution in [2.24, 2.45) is 0 Å². The molecule has 0 spiro atoms. The van der Waals surface area contributed by atoms with Crippen LogP contribution in [0, 0.1) is 0 Å². The minimum Gasteiger partial charge on any atom is -0.387 e. The van der Waals surface area contributed by atoms with E-state index in [1.54, 1.807) is 0 Å². The molecule has 0 aromatic heterocycles. The average Bonchev–Trinajstić information content (AvgIpc) is 2.63. The summed E-state index contributed by atoms with van der Waals surface area (Å²) in [5.74, 6) is -1.16. The van der Waals surface area contributed by atoms with Crippen LogP contribution in [-0.2, 0) is 19.1 Å². The first-order valence-electron chi connectivity index (χ1n) is 5.72. The van der Waals surface area contributed by atoms with Gasteiger partial charge in [-0.25, -0.2) is 9.59 Å². The van der Waals surface area contributed by atoms with Gasteiger partial charge in [-0.1, -0.05) is 26.7 Å². The lowest BCUT2D eigenvalue weighted by Gasteiger charge is -1.99. The van der Waals surface area contributed by atoms with Gasteiger partial charge in [0.25, 0.3) is 0 Å². The van der Waals surface area contributed by atoms with Crippen molar-refractivity contribution in [1.29, 1.82) is 0 Å². The Morgan fingerprint density at radius 2 is 1.44 bits per heavy atom. The number of esters is 2. The van der Waals surface area contributed by atoms with Crippen LogP contribution in [0.1, 0.15) is 39.5 Å². The minimum absolute atomic E-state index is 0.579. The monoisotopic (exact) mass is 228 g/mol. The van der Waals surface area contributed by atoms with Crippen LogP contribution >= 0.6 is 0 Å². The Kier molecular flexibility index (Phi) is 9.61. The third kappa shape index (κ3) is 9.40. The molecule has 0 saturated heterocycles. The predicted octanol–water partition coefficient (Wildman–Crippen LogP) is 2.23. The maximum atomic E-state index is 9.92. The van der Waals surface area contributed by atoms with E-state index in [1.807, 2.05) is 0 Å². The molecule has 16 heavy (non-hydrogen) atoms. The zero-order chi connectivity index (χ0) is 12.2. The van der Waals surface area contributed by atoms with Gasteiger partial charge in [-0.2, -0.15) is 0 Å². The number of hydrogen-bond acceptors (Lipinski definition) is 4. The second-order valence-electron chi connectivity index (χ2n) is 3.39. The number of carbonyl (C=O) groups is 2. The molecule has 1 aliphatic heterocycles. The van der Waals surface area contributed by atoms with Gasteiger partial charge in [0.1, 0.15) is 0 Å². The van der Waals surface area contributed by atoms with E-state index in [0.717, 1.165) is 25.4 Å². The van der Waals surface area contributed by atoms with Crippen molar-refractivity contribution < 1.29 is 19.1 Å². The van der Waals surface area contributed by atoms with Gasteiger partial charge in [0.2, 0.25) is 0 Å². The van der Waals surface area contributed by atoms with Crippen molar-refractivity contribution in [3.63, 3.8) is 0 Å². The Bertz CT molecular complexity index is 211. The summed E-state index contributed by atoms with van der Waals surface area (Å²) in [5.41, 5.74) is 0. The minimum atomic E-state index is -0.579. The smallest absolute Gasteiger partial charge is 0.338 e. The van der Waals surface area contributed by atoms with Gasteiger partial charge in [0.15, 0.2) is 0 Å². The number of ether oxygens (including phenoxy) is 2. The molecule has 92 valence electrons. The second-order valence-corrected chi connectivity index (χ2v) is 3.39. The Morgan fingerprint density at radius 3 is 1.69 bits per heavy atom. The molecule has 4 nitrogen and oxygen atoms in total. The van der Waals surface area contributed by atoms with Crippen LogP contribution in [0.2, 0.25) is 0 Å². The van der Waals surface area contributed by atoms with E-state index in [-0.39, 0.29) is 0 Å². The first-order valence-corrected chi connectivity index (χ1v) is 5.72. The fourth-order valence-corrected chi connectivity index (χ4v) is 0.898. The molecular formula is C12H20O4. The van der Waals surface area contributed by atoms with Crippen molar-refractivity contribution >= 4 is 11.9 Å². The molecule has 0 unspecified atom stereocenters. The van der Waals surface area contributed by atoms with Crippen molar-refractivity contribution in [3.8, 4) is 0 Å². The van der Waals surface area contributed by atoms with E-state index < -0.39 is 11.9 Å². The highest BCUT2D eigenvalue weighted by Crippen LogP contribution is 1.92. The van der Waals surface area contributed by atoms with Gasteiger partial charge in [0.05, 0.1) is 0 Å². The summed E-state index contributed by atoms with van der Waals surface area (Å²) >= 11 is 0. The van der Waals surface area contributed by atoms with Gasteiger partial charge in [-0.05, 0) is 12.8 Å². The fraction of sp³-hybridized carbons (Fsp3) is 0.667. The van der Waals surface area contributed by atoms with E-state index in [2.05, 4.69) is 18.6 Å². The molecular weight excluding hydrogens is 208 g/mol. The Balaban J connectivity index is 0.000000288. The predicted molar refractivity (Wildman–Crippen MR) is 60.9 cm³/mol. The lowest BCUT2D eigenvalue weighted by molar-refractivity contribution is -0.150. The second kappa shape index (κ2) is 10.4. The maximum absolute atomic E-state index is 9.92. The average molecular weight is 228 g/mol. The number of hydrogen-bond donors (Lipinski definition) is 0. The molecule has 0 N–H and O–H groups in total. The molecule has 0 radical (unpaired) electrons. The fourth-order valence-electron chi connectivity index (χ4n) is 0.898. The molecule has 0 amide bonds. The third-order valence-corrected chi connectivity index (χ3v) is 1.84. The Hall–Kier alpha value is -1.16. The normalized spacial score (nSPS) is 13.4. The lowest BCUT2D eigenvalue weighted by atomic mass is 10.3. The first-order chi connectivity index (χ1) is 7.70. The molecule has 1 heterocycles. The van der Waals surface area contributed by atoms with E-state index >= 15 is 0 Å². The van der Waals surface area contributed by atoms with Crippen LogP contribution in [0.3, 0.4) is 0 Å². The molecule has 0 aliphatic carbocycles. The van der Waals surface area contributed by atoms with Gasteiger partial charge in [-0.15, -0.1) is 0 Å². The van der Waals surface area contributed by atoms with Crippen LogP contribution in [0.25, 0.3) is 0 Å². The molecule has 0 fully saturated rings. The highest BCUT2D eigenvalue weighted by molar-refractivity contribution is 6.04. The topological polar surface area (TPSA) is 52.6 Å². The highest BCUT2D eigenvalue weighted by atomic mass is 16.6. The SMILES string of the molecule is CCCCOCCCC.O=C1C=CC(=O)O1. The van der Waals surface area contributed by atoms with Gasteiger partial charge in [0, 0.05) is 25.4 Å². The van der Waals surface area contributed by atoms with Crippen LogP contribution in [-0.4, -0.2) is 25.2 Å². The quantitative estimate of drug-likeness (QED) is 0.397. The van der Waals surface area contributed by atoms with Crippen LogP contribution < -0.4 is 0 Å². The van der Waals surface area contributed by atoms with Gasteiger partial charge in [-0.3, -0.25) is 0 Å². The van der Waals surface area contributed by atoms with Gasteiger partial charge >= 0.3 is 11.9 Å². The summed E-state index contributed by atoms with van der Waals surface area (Å²) in [6.07, 6.45) is 7.08. The number of unbranched alkanes of at least 4 members (excludes halogenated alkanes) is 2. The summed E-state index contributed by atoms with van der Waals surface area (Å²) < 4.78 is 9.29. The molecule has 0 atom stereocenters. The zero-order valence-corrected chi connectivity index (χ0v) is 10.0. The Morgan fingerprint density at radius 1 is 1.00 bits per heavy atom. The molecule has 0 aromatic rings. The number of cyclic esters (lactones) is 2. The number of carbonyl (C=O) groups excluding carboxylic acids is 2. The summed E-state index contributed by atoms with van der Waals surface area (Å²) in [4.78, 5) is 19.8. The summed E-state index contributed by atoms with van der Waals surface area (Å²) in [6, 6.07) is 0. The molecule has 1 rings (SSSR count). The molecule has 0 aromatic carbocycles. The van der Waals surface area contributed by atoms with Crippen molar-refractivity contribution in [1.82, 2.24) is 0 Å². The van der Waals surface area contributed by atoms with Crippen LogP contribution in [0.5, 0.6) is 0 Å². The van der Waals surface area contributed by atoms with E-state index in [4.69, 9.17) is 4.74 Å². The van der Waals surface area contributed by atoms with Crippen molar-refractivity contribution in [3.05, 3.63) is 12.2 Å². The van der Waals surface area contributed by atoms with E-state index in [0.29, 0.717) is 0 Å². The Labute approximate surface area is 96.6 Å².